The molecule has 0 bridgehead atoms. The Labute approximate surface area is 227 Å². The van der Waals surface area contributed by atoms with Crippen molar-refractivity contribution in [3.05, 3.63) is 91.0 Å². The Morgan fingerprint density at radius 1 is 0.676 bits per heavy atom. The Kier molecular flexibility index (Phi) is 9.78. The zero-order chi connectivity index (χ0) is 24.3. The fourth-order valence-electron chi connectivity index (χ4n) is 4.35. The van der Waals surface area contributed by atoms with Crippen molar-refractivity contribution in [2.45, 2.75) is 65.3 Å². The van der Waals surface area contributed by atoms with Crippen LogP contribution in [-0.4, -0.2) is 20.1 Å². The quantitative estimate of drug-likeness (QED) is 0.210. The summed E-state index contributed by atoms with van der Waals surface area (Å²) < 4.78 is 7.06. The van der Waals surface area contributed by atoms with Crippen LogP contribution in [0.2, 0.25) is 18.1 Å². The summed E-state index contributed by atoms with van der Waals surface area (Å²) in [6.45, 7) is 18.8. The van der Waals surface area contributed by atoms with E-state index >= 15 is 0 Å². The molecule has 0 heterocycles. The molecule has 34 heavy (non-hydrogen) atoms. The van der Waals surface area contributed by atoms with E-state index < -0.39 is 15.6 Å². The van der Waals surface area contributed by atoms with Gasteiger partial charge in [0.15, 0.2) is 8.32 Å². The lowest BCUT2D eigenvalue weighted by Crippen LogP contribution is -3.00. The number of hydrogen-bond acceptors (Lipinski definition) is 1. The first kappa shape index (κ1) is 29.2. The summed E-state index contributed by atoms with van der Waals surface area (Å²) >= 11 is 0. The van der Waals surface area contributed by atoms with Crippen LogP contribution >= 0.6 is 7.26 Å². The van der Waals surface area contributed by atoms with E-state index in [1.165, 1.54) is 15.9 Å². The topological polar surface area (TPSA) is 9.23 Å². The van der Waals surface area contributed by atoms with Crippen LogP contribution in [0.3, 0.4) is 0 Å². The van der Waals surface area contributed by atoms with Crippen molar-refractivity contribution in [2.24, 2.45) is 5.92 Å². The SMILES string of the molecule is C[C@@H](C[P+](c1ccccc1)(c1ccccc1)c1ccccc1)C(C)(C)O[Si](C)(C)C(C)(C)C.[I-]. The third kappa shape index (κ3) is 6.21. The van der Waals surface area contributed by atoms with E-state index in [2.05, 4.69) is 146 Å². The van der Waals surface area contributed by atoms with Gasteiger partial charge in [0, 0.05) is 5.92 Å². The Morgan fingerprint density at radius 3 is 1.29 bits per heavy atom. The number of benzene rings is 3. The van der Waals surface area contributed by atoms with Crippen molar-refractivity contribution >= 4 is 31.5 Å². The average Bonchev–Trinajstić information content (AvgIpc) is 2.77. The summed E-state index contributed by atoms with van der Waals surface area (Å²) in [4.78, 5) is 0. The van der Waals surface area contributed by atoms with Gasteiger partial charge in [-0.05, 0) is 68.4 Å². The van der Waals surface area contributed by atoms with Gasteiger partial charge in [0.25, 0.3) is 0 Å². The zero-order valence-electron chi connectivity index (χ0n) is 22.2. The van der Waals surface area contributed by atoms with E-state index in [4.69, 9.17) is 4.43 Å². The van der Waals surface area contributed by atoms with Gasteiger partial charge in [-0.15, -0.1) is 0 Å². The smallest absolute Gasteiger partial charge is 0.192 e. The van der Waals surface area contributed by atoms with Crippen LogP contribution in [-0.2, 0) is 4.43 Å². The highest BCUT2D eigenvalue weighted by molar-refractivity contribution is 7.95. The first-order valence-electron chi connectivity index (χ1n) is 12.2. The molecule has 184 valence electrons. The zero-order valence-corrected chi connectivity index (χ0v) is 26.2. The van der Waals surface area contributed by atoms with Gasteiger partial charge in [-0.1, -0.05) is 82.3 Å². The molecule has 1 nitrogen and oxygen atoms in total. The molecule has 0 amide bonds. The van der Waals surface area contributed by atoms with Gasteiger partial charge in [0.2, 0.25) is 0 Å². The summed E-state index contributed by atoms with van der Waals surface area (Å²) in [7, 11) is -3.78. The lowest BCUT2D eigenvalue weighted by atomic mass is 9.95. The highest BCUT2D eigenvalue weighted by Crippen LogP contribution is 2.58. The lowest BCUT2D eigenvalue weighted by molar-refractivity contribution is -0.0000144. The summed E-state index contributed by atoms with van der Waals surface area (Å²) in [6.07, 6.45) is 1.08. The maximum absolute atomic E-state index is 7.06. The first-order valence-corrected chi connectivity index (χ1v) is 17.0. The highest BCUT2D eigenvalue weighted by Gasteiger charge is 2.50. The molecule has 0 saturated carbocycles. The molecule has 0 radical (unpaired) electrons. The third-order valence-electron chi connectivity index (χ3n) is 7.65. The molecular weight excluding hydrogens is 562 g/mol. The predicted octanol–water partition coefficient (Wildman–Crippen LogP) is 4.42. The second-order valence-electron chi connectivity index (χ2n) is 11.4. The van der Waals surface area contributed by atoms with Crippen LogP contribution in [0.25, 0.3) is 0 Å². The Hall–Kier alpha value is -1.00. The molecule has 3 aromatic rings. The monoisotopic (exact) mass is 604 g/mol. The van der Waals surface area contributed by atoms with Gasteiger partial charge < -0.3 is 28.4 Å². The van der Waals surface area contributed by atoms with Crippen LogP contribution in [0.4, 0.5) is 0 Å². The highest BCUT2D eigenvalue weighted by atomic mass is 127. The summed E-state index contributed by atoms with van der Waals surface area (Å²) in [5, 5.41) is 4.52. The molecule has 0 aliphatic rings. The van der Waals surface area contributed by atoms with Crippen LogP contribution in [0.5, 0.6) is 0 Å². The van der Waals surface area contributed by atoms with Crippen molar-refractivity contribution in [1.29, 1.82) is 0 Å². The molecule has 3 aromatic carbocycles. The molecule has 1 atom stereocenters. The molecule has 3 rings (SSSR count). The van der Waals surface area contributed by atoms with Gasteiger partial charge in [0.1, 0.15) is 23.2 Å². The Bertz CT molecular complexity index is 917. The third-order valence-corrected chi connectivity index (χ3v) is 16.9. The van der Waals surface area contributed by atoms with Gasteiger partial charge >= 0.3 is 0 Å². The average molecular weight is 605 g/mol. The molecule has 0 saturated heterocycles. The molecule has 0 spiro atoms. The van der Waals surface area contributed by atoms with E-state index in [0.29, 0.717) is 5.92 Å². The van der Waals surface area contributed by atoms with E-state index in [9.17, 15) is 0 Å². The second kappa shape index (κ2) is 11.4. The van der Waals surface area contributed by atoms with Crippen LogP contribution in [0.15, 0.2) is 91.0 Å². The molecular formula is C30H42IOPSi. The van der Waals surface area contributed by atoms with Crippen molar-refractivity contribution in [3.63, 3.8) is 0 Å². The fraction of sp³-hybridized carbons (Fsp3) is 0.400. The van der Waals surface area contributed by atoms with E-state index in [-0.39, 0.29) is 34.6 Å². The minimum atomic E-state index is -1.90. The second-order valence-corrected chi connectivity index (χ2v) is 19.6. The first-order chi connectivity index (χ1) is 15.4. The van der Waals surface area contributed by atoms with E-state index in [1.54, 1.807) is 0 Å². The van der Waals surface area contributed by atoms with Crippen LogP contribution in [0, 0.1) is 5.92 Å². The fourth-order valence-corrected chi connectivity index (χ4v) is 11.0. The molecule has 4 heteroatoms. The van der Waals surface area contributed by atoms with Crippen molar-refractivity contribution in [3.8, 4) is 0 Å². The van der Waals surface area contributed by atoms with Gasteiger partial charge in [-0.3, -0.25) is 0 Å². The molecule has 0 aliphatic carbocycles. The standard InChI is InChI=1S/C30H42OPSi.HI/c1-25(30(5,6)31-33(7,8)29(2,3)4)24-32(26-18-12-9-13-19-26,27-20-14-10-15-21-27)28-22-16-11-17-23-28;/h9-23,25H,24H2,1-8H3;1H/q+1;/p-1/t25-;/m0./s1. The Morgan fingerprint density at radius 2 is 1.00 bits per heavy atom. The predicted molar refractivity (Wildman–Crippen MR) is 152 cm³/mol. The minimum absolute atomic E-state index is 0. The largest absolute Gasteiger partial charge is 1.00 e. The van der Waals surface area contributed by atoms with Gasteiger partial charge in [-0.2, -0.15) is 0 Å². The summed E-state index contributed by atoms with van der Waals surface area (Å²) in [6, 6.07) is 33.5. The number of halogens is 1. The maximum atomic E-state index is 7.06. The number of hydrogen-bond donors (Lipinski definition) is 0. The number of rotatable bonds is 8. The lowest BCUT2D eigenvalue weighted by Gasteiger charge is -2.46. The summed E-state index contributed by atoms with van der Waals surface area (Å²) in [5.41, 5.74) is -0.216. The van der Waals surface area contributed by atoms with Crippen LogP contribution in [0.1, 0.15) is 41.5 Å². The Balaban J connectivity index is 0.00000408. The normalized spacial score (nSPS) is 13.8. The minimum Gasteiger partial charge on any atom is -1.00 e. The molecule has 0 unspecified atom stereocenters. The van der Waals surface area contributed by atoms with E-state index in [0.717, 1.165) is 6.16 Å². The van der Waals surface area contributed by atoms with Gasteiger partial charge in [-0.25, -0.2) is 0 Å². The summed E-state index contributed by atoms with van der Waals surface area (Å²) in [5.74, 6) is 0.376. The van der Waals surface area contributed by atoms with Crippen molar-refractivity contribution < 1.29 is 28.4 Å². The maximum Gasteiger partial charge on any atom is 0.192 e. The van der Waals surface area contributed by atoms with Crippen LogP contribution < -0.4 is 39.9 Å². The van der Waals surface area contributed by atoms with Crippen molar-refractivity contribution in [1.82, 2.24) is 0 Å². The van der Waals surface area contributed by atoms with Crippen molar-refractivity contribution in [2.75, 3.05) is 6.16 Å². The van der Waals surface area contributed by atoms with E-state index in [1.807, 2.05) is 0 Å². The van der Waals surface area contributed by atoms with Gasteiger partial charge in [0.05, 0.1) is 11.8 Å². The molecule has 0 N–H and O–H groups in total. The molecule has 0 aromatic heterocycles. The molecule has 0 aliphatic heterocycles. The molecule has 0 fully saturated rings.